The van der Waals surface area contributed by atoms with Crippen molar-refractivity contribution in [3.05, 3.63) is 117 Å². The number of aliphatic hydroxyl groups is 1. The van der Waals surface area contributed by atoms with Crippen LogP contribution in [0.15, 0.2) is 101 Å². The van der Waals surface area contributed by atoms with Gasteiger partial charge < -0.3 is 46.9 Å². The number of hydrogen-bond donors (Lipinski definition) is 7. The van der Waals surface area contributed by atoms with Crippen LogP contribution in [-0.4, -0.2) is 86.1 Å². The van der Waals surface area contributed by atoms with Crippen molar-refractivity contribution in [2.45, 2.75) is 102 Å². The first-order chi connectivity index (χ1) is 28.8. The van der Waals surface area contributed by atoms with E-state index in [-0.39, 0.29) is 54.3 Å². The Hall–Kier alpha value is -4.59. The molecule has 3 aliphatic carbocycles. The Morgan fingerprint density at radius 1 is 1.15 bits per heavy atom. The first-order valence-corrected chi connectivity index (χ1v) is 21.8. The van der Waals surface area contributed by atoms with Crippen LogP contribution in [-0.2, 0) is 20.7 Å². The van der Waals surface area contributed by atoms with Crippen LogP contribution in [0.1, 0.15) is 98.9 Å². The molecule has 6 aliphatic rings. The van der Waals surface area contributed by atoms with Crippen molar-refractivity contribution in [3.63, 3.8) is 0 Å². The van der Waals surface area contributed by atoms with E-state index >= 15 is 9.59 Å². The average Bonchev–Trinajstić information content (AvgIpc) is 3.94. The number of aliphatic hydroxyl groups excluding tert-OH is 1. The summed E-state index contributed by atoms with van der Waals surface area (Å²) in [5, 5.41) is 27.3. The van der Waals surface area contributed by atoms with Crippen molar-refractivity contribution < 1.29 is 29.0 Å². The summed E-state index contributed by atoms with van der Waals surface area (Å²) in [6.07, 6.45) is 21.7. The zero-order valence-corrected chi connectivity index (χ0v) is 35.9. The van der Waals surface area contributed by atoms with Crippen LogP contribution in [0, 0.1) is 17.3 Å². The quantitative estimate of drug-likeness (QED) is 0.0351. The van der Waals surface area contributed by atoms with E-state index in [0.29, 0.717) is 56.0 Å². The third kappa shape index (κ3) is 8.76. The minimum absolute atomic E-state index is 0.0101. The fraction of sp³-hybridized carbons (Fsp3) is 0.521. The molecule has 322 valence electrons. The number of nitrogens with two attached hydrogens (primary N) is 1. The van der Waals surface area contributed by atoms with Crippen LogP contribution in [0.5, 0.6) is 0 Å². The van der Waals surface area contributed by atoms with Gasteiger partial charge in [0.2, 0.25) is 5.78 Å². The number of hydrogen-bond acceptors (Lipinski definition) is 12. The Labute approximate surface area is 354 Å². The summed E-state index contributed by atoms with van der Waals surface area (Å²) in [5.74, 6) is -0.544. The number of Topliss-reactive ketones (excluding diaryl/α,β-unsaturated/α-hetero) is 2. The molecule has 0 saturated carbocycles. The highest BCUT2D eigenvalue weighted by atomic mass is 16.7. The second-order valence-corrected chi connectivity index (χ2v) is 18.1. The van der Waals surface area contributed by atoms with Crippen LogP contribution in [0.25, 0.3) is 0 Å². The molecule has 12 nitrogen and oxygen atoms in total. The molecular formula is C48H64N6O6. The zero-order chi connectivity index (χ0) is 42.7. The van der Waals surface area contributed by atoms with Crippen molar-refractivity contribution in [1.82, 2.24) is 26.6 Å². The molecular weight excluding hydrogens is 757 g/mol. The number of rotatable bonds is 18. The minimum atomic E-state index is -2.17. The smallest absolute Gasteiger partial charge is 0.350 e. The highest BCUT2D eigenvalue weighted by Crippen LogP contribution is 2.60. The number of epoxide rings is 1. The number of nitrogens with one attached hydrogen (secondary N) is 5. The molecule has 1 aromatic carbocycles. The Morgan fingerprint density at radius 3 is 2.73 bits per heavy atom. The van der Waals surface area contributed by atoms with E-state index in [2.05, 4.69) is 77.7 Å². The van der Waals surface area contributed by atoms with Crippen molar-refractivity contribution in [1.29, 1.82) is 0 Å². The Balaban J connectivity index is 1.19. The molecule has 1 saturated heterocycles. The molecule has 0 spiro atoms. The second-order valence-electron chi connectivity index (χ2n) is 18.1. The molecule has 0 bridgehead atoms. The van der Waals surface area contributed by atoms with Gasteiger partial charge in [-0.2, -0.15) is 0 Å². The molecule has 12 heteroatoms. The number of carbonyl (C=O) groups is 3. The van der Waals surface area contributed by atoms with Gasteiger partial charge >= 0.3 is 5.97 Å². The van der Waals surface area contributed by atoms with E-state index in [1.807, 2.05) is 38.4 Å². The van der Waals surface area contributed by atoms with Crippen molar-refractivity contribution in [3.8, 4) is 0 Å². The van der Waals surface area contributed by atoms with Crippen LogP contribution in [0.3, 0.4) is 0 Å². The summed E-state index contributed by atoms with van der Waals surface area (Å²) < 4.78 is 12.6. The fourth-order valence-corrected chi connectivity index (χ4v) is 9.83. The average molecular weight is 821 g/mol. The molecule has 8 N–H and O–H groups in total. The Bertz CT molecular complexity index is 2080. The molecule has 0 radical (unpaired) electrons. The number of benzene rings is 1. The Kier molecular flexibility index (Phi) is 13.2. The van der Waals surface area contributed by atoms with Crippen molar-refractivity contribution >= 4 is 17.5 Å². The number of ketones is 2. The number of carbonyl (C=O) groups excluding carboxylic acids is 3. The zero-order valence-electron chi connectivity index (χ0n) is 35.9. The predicted octanol–water partition coefficient (Wildman–Crippen LogP) is 4.91. The molecule has 7 rings (SSSR count). The first kappa shape index (κ1) is 43.5. The summed E-state index contributed by atoms with van der Waals surface area (Å²) in [6, 6.07) is 5.33. The largest absolute Gasteiger partial charge is 0.463 e. The van der Waals surface area contributed by atoms with Gasteiger partial charge in [-0.3, -0.25) is 9.59 Å². The summed E-state index contributed by atoms with van der Waals surface area (Å²) in [7, 11) is 1.88. The predicted molar refractivity (Wildman–Crippen MR) is 233 cm³/mol. The number of esters is 1. The molecule has 3 heterocycles. The maximum absolute atomic E-state index is 15.2. The molecule has 1 fully saturated rings. The molecule has 3 aliphatic heterocycles. The van der Waals surface area contributed by atoms with E-state index in [9.17, 15) is 9.90 Å². The van der Waals surface area contributed by atoms with E-state index in [4.69, 9.17) is 15.2 Å². The van der Waals surface area contributed by atoms with Gasteiger partial charge in [-0.1, -0.05) is 74.9 Å². The van der Waals surface area contributed by atoms with Crippen molar-refractivity contribution in [2.75, 3.05) is 40.0 Å². The fourth-order valence-electron chi connectivity index (χ4n) is 9.83. The molecule has 60 heavy (non-hydrogen) atoms. The van der Waals surface area contributed by atoms with E-state index in [0.717, 1.165) is 48.3 Å². The van der Waals surface area contributed by atoms with Gasteiger partial charge in [0, 0.05) is 42.3 Å². The number of ether oxygens (including phenoxy) is 2. The van der Waals surface area contributed by atoms with Gasteiger partial charge in [0.1, 0.15) is 5.82 Å². The van der Waals surface area contributed by atoms with E-state index < -0.39 is 28.7 Å². The molecule has 1 unspecified atom stereocenters. The van der Waals surface area contributed by atoms with Gasteiger partial charge in [-0.15, -0.1) is 0 Å². The summed E-state index contributed by atoms with van der Waals surface area (Å²) in [5.41, 5.74) is 7.76. The summed E-state index contributed by atoms with van der Waals surface area (Å²) >= 11 is 0. The van der Waals surface area contributed by atoms with Crippen LogP contribution in [0.4, 0.5) is 0 Å². The lowest BCUT2D eigenvalue weighted by Crippen LogP contribution is -2.52. The van der Waals surface area contributed by atoms with E-state index in [1.54, 1.807) is 12.1 Å². The van der Waals surface area contributed by atoms with Crippen LogP contribution in [0.2, 0.25) is 0 Å². The van der Waals surface area contributed by atoms with Crippen LogP contribution >= 0.6 is 0 Å². The summed E-state index contributed by atoms with van der Waals surface area (Å²) in [4.78, 5) is 45.0. The lowest BCUT2D eigenvalue weighted by molar-refractivity contribution is -0.150. The standard InChI is InChI=1S/C48H64N6O6/c1-6-51-39-22-34-11-8-7-10-33(34)21-36(39)28-59-45(58)48-44(57)42-35(24-46(3,4)23-32-16-17-40(49)53-26-32)12-9-13-38(42)43(56)47(48,60-48)25-37(27-55)30(2)14-15-31-18-19-52-41(20-31)54-29-50-5/h8-9,11-13,16-18,20,22,26,33,36,39-40,50-55H,6-7,10,14-15,19,21,23-25,27-29,49H2,1-5H3/b37-30-/t33-,36-,39+,40?,47-,48-/m0/s1. The van der Waals surface area contributed by atoms with Crippen LogP contribution < -0.4 is 32.3 Å². The monoisotopic (exact) mass is 820 g/mol. The maximum atomic E-state index is 15.2. The van der Waals surface area contributed by atoms with Gasteiger partial charge in [0.05, 0.1) is 26.0 Å². The number of allylic oxidation sites excluding steroid dienone is 8. The minimum Gasteiger partial charge on any atom is -0.463 e. The number of dihydropyridines is 2. The maximum Gasteiger partial charge on any atom is 0.350 e. The highest BCUT2D eigenvalue weighted by molar-refractivity contribution is 6.33. The Morgan fingerprint density at radius 2 is 1.98 bits per heavy atom. The van der Waals surface area contributed by atoms with Gasteiger partial charge in [-0.05, 0) is 117 Å². The lowest BCUT2D eigenvalue weighted by atomic mass is 9.68. The van der Waals surface area contributed by atoms with Gasteiger partial charge in [0.15, 0.2) is 11.4 Å². The highest BCUT2D eigenvalue weighted by Gasteiger charge is 2.85. The second kappa shape index (κ2) is 18.2. The molecule has 6 atom stereocenters. The molecule has 1 aromatic rings. The normalized spacial score (nSPS) is 28.4. The van der Waals surface area contributed by atoms with Gasteiger partial charge in [0.25, 0.3) is 5.60 Å². The van der Waals surface area contributed by atoms with E-state index in [1.165, 1.54) is 5.57 Å². The SMILES string of the molecule is CCN[C@@H]1C=C2C=CCC[C@H]2C[C@H]1COC(=O)[C@]12O[C@@]1(C/C(CO)=C(\C)CCC1=CCNC(NCNC)=C1)C(=O)c1cccc(CC(C)(C)CC3=CNC(N)C=C3)c1C2=O. The molecule has 0 amide bonds. The third-order valence-corrected chi connectivity index (χ3v) is 13.1. The number of fused-ring (bicyclic) bond motifs is 3. The molecule has 0 aromatic heterocycles. The topological polar surface area (TPSA) is 179 Å². The third-order valence-electron chi connectivity index (χ3n) is 13.1. The lowest BCUT2D eigenvalue weighted by Gasteiger charge is -2.36. The summed E-state index contributed by atoms with van der Waals surface area (Å²) in [6.45, 7) is 10.0. The number of likely N-dealkylation sites (N-methyl/N-ethyl adjacent to an activating group) is 1. The first-order valence-electron chi connectivity index (χ1n) is 21.8. The van der Waals surface area contributed by atoms with Crippen molar-refractivity contribution in [2.24, 2.45) is 23.0 Å². The van der Waals surface area contributed by atoms with Gasteiger partial charge in [-0.25, -0.2) is 4.79 Å².